The molecule has 3 saturated heterocycles. The highest BCUT2D eigenvalue weighted by Gasteiger charge is 2.43. The van der Waals surface area contributed by atoms with Gasteiger partial charge < -0.3 is 24.2 Å². The van der Waals surface area contributed by atoms with Gasteiger partial charge in [-0.3, -0.25) is 9.69 Å². The molecule has 4 heterocycles. The molecule has 36 heavy (non-hydrogen) atoms. The van der Waals surface area contributed by atoms with E-state index < -0.39 is 17.2 Å². The topological polar surface area (TPSA) is 78.2 Å². The molecule has 1 aromatic carbocycles. The molecule has 0 radical (unpaired) electrons. The zero-order chi connectivity index (χ0) is 25.1. The predicted molar refractivity (Wildman–Crippen MR) is 136 cm³/mol. The fourth-order valence-corrected chi connectivity index (χ4v) is 6.90. The molecule has 9 heteroatoms. The number of aromatic carboxylic acids is 1. The summed E-state index contributed by atoms with van der Waals surface area (Å²) in [5.74, 6) is -1.00. The highest BCUT2D eigenvalue weighted by atomic mass is 19.1. The van der Waals surface area contributed by atoms with E-state index in [1.807, 2.05) is 4.57 Å². The number of fused-ring (bicyclic) bond motifs is 2. The molecule has 2 atom stereocenters. The maximum atomic E-state index is 15.8. The summed E-state index contributed by atoms with van der Waals surface area (Å²) in [6, 6.07) is 2.29. The van der Waals surface area contributed by atoms with Gasteiger partial charge in [0.25, 0.3) is 0 Å². The molecule has 4 aliphatic rings. The summed E-state index contributed by atoms with van der Waals surface area (Å²) in [6.07, 6.45) is 7.85. The van der Waals surface area contributed by atoms with Crippen molar-refractivity contribution < 1.29 is 19.0 Å². The molecule has 2 aromatic rings. The van der Waals surface area contributed by atoms with Crippen LogP contribution in [-0.2, 0) is 0 Å². The lowest BCUT2D eigenvalue weighted by Crippen LogP contribution is -2.53. The molecule has 2 unspecified atom stereocenters. The van der Waals surface area contributed by atoms with Crippen LogP contribution in [0.4, 0.5) is 10.1 Å². The van der Waals surface area contributed by atoms with Gasteiger partial charge in [-0.05, 0) is 77.2 Å². The molecule has 194 valence electrons. The van der Waals surface area contributed by atoms with Gasteiger partial charge >= 0.3 is 5.97 Å². The summed E-state index contributed by atoms with van der Waals surface area (Å²) in [5.41, 5.74) is -0.0840. The molecule has 1 aliphatic carbocycles. The van der Waals surface area contributed by atoms with Crippen molar-refractivity contribution in [2.24, 2.45) is 5.92 Å². The molecule has 0 amide bonds. The Kier molecular flexibility index (Phi) is 5.95. The molecule has 1 saturated carbocycles. The highest BCUT2D eigenvalue weighted by molar-refractivity contribution is 5.97. The van der Waals surface area contributed by atoms with Crippen molar-refractivity contribution in [3.63, 3.8) is 0 Å². The fourth-order valence-electron chi connectivity index (χ4n) is 6.90. The first-order valence-corrected chi connectivity index (χ1v) is 13.2. The van der Waals surface area contributed by atoms with Crippen LogP contribution >= 0.6 is 0 Å². The third kappa shape index (κ3) is 3.87. The minimum Gasteiger partial charge on any atom is -0.492 e. The van der Waals surface area contributed by atoms with Crippen LogP contribution in [0.15, 0.2) is 17.1 Å². The first-order chi connectivity index (χ1) is 17.4. The van der Waals surface area contributed by atoms with Crippen molar-refractivity contribution in [3.8, 4) is 5.75 Å². The Labute approximate surface area is 210 Å². The lowest BCUT2D eigenvalue weighted by Gasteiger charge is -2.44. The van der Waals surface area contributed by atoms with Crippen LogP contribution in [-0.4, -0.2) is 84.4 Å². The van der Waals surface area contributed by atoms with Crippen LogP contribution in [0.5, 0.6) is 5.75 Å². The summed E-state index contributed by atoms with van der Waals surface area (Å²) in [4.78, 5) is 32.0. The summed E-state index contributed by atoms with van der Waals surface area (Å²) in [6.45, 7) is 4.82. The van der Waals surface area contributed by atoms with Crippen LogP contribution in [0.25, 0.3) is 10.9 Å². The molecule has 0 spiro atoms. The van der Waals surface area contributed by atoms with E-state index in [1.165, 1.54) is 32.2 Å². The third-order valence-corrected chi connectivity index (χ3v) is 8.87. The van der Waals surface area contributed by atoms with Gasteiger partial charge in [-0.15, -0.1) is 0 Å². The quantitative estimate of drug-likeness (QED) is 0.679. The molecule has 4 fully saturated rings. The number of benzene rings is 1. The molecule has 1 N–H and O–H groups in total. The number of nitrogens with zero attached hydrogens (tertiary/aromatic N) is 4. The summed E-state index contributed by atoms with van der Waals surface area (Å²) < 4.78 is 23.5. The number of rotatable bonds is 5. The minimum atomic E-state index is -1.29. The van der Waals surface area contributed by atoms with Crippen LogP contribution < -0.4 is 15.1 Å². The van der Waals surface area contributed by atoms with Crippen LogP contribution in [0.1, 0.15) is 54.9 Å². The van der Waals surface area contributed by atoms with Gasteiger partial charge in [0, 0.05) is 37.4 Å². The van der Waals surface area contributed by atoms with Gasteiger partial charge in [0.15, 0.2) is 11.6 Å². The van der Waals surface area contributed by atoms with E-state index in [0.29, 0.717) is 35.0 Å². The maximum absolute atomic E-state index is 15.8. The Morgan fingerprint density at radius 2 is 1.83 bits per heavy atom. The molecule has 0 bridgehead atoms. The lowest BCUT2D eigenvalue weighted by atomic mass is 9.89. The number of carboxylic acids is 1. The van der Waals surface area contributed by atoms with Crippen LogP contribution in [0.2, 0.25) is 0 Å². The second-order valence-electron chi connectivity index (χ2n) is 11.1. The second kappa shape index (κ2) is 9.03. The van der Waals surface area contributed by atoms with Crippen molar-refractivity contribution >= 4 is 22.6 Å². The normalized spacial score (nSPS) is 25.9. The lowest BCUT2D eigenvalue weighted by molar-refractivity contribution is 0.0445. The van der Waals surface area contributed by atoms with Gasteiger partial charge in [-0.25, -0.2) is 9.18 Å². The maximum Gasteiger partial charge on any atom is 0.341 e. The number of aromatic nitrogens is 1. The average molecular weight is 499 g/mol. The van der Waals surface area contributed by atoms with E-state index in [-0.39, 0.29) is 17.0 Å². The third-order valence-electron chi connectivity index (χ3n) is 8.87. The molecule has 6 rings (SSSR count). The van der Waals surface area contributed by atoms with Crippen molar-refractivity contribution in [3.05, 3.63) is 33.9 Å². The standard InChI is InChI=1S/C27H35FN4O4/c1-29-10-7-18(8-11-29)31-9-3-4-16-13-30(15-22(16)31)24-21(28)12-19-23(26(24)36-2)32(17-5-6-17)14-20(25(19)33)27(34)35/h12,14,16-18,22H,3-11,13,15H2,1-2H3,(H,34,35). The van der Waals surface area contributed by atoms with Crippen molar-refractivity contribution in [1.82, 2.24) is 14.4 Å². The van der Waals surface area contributed by atoms with E-state index in [1.54, 1.807) is 0 Å². The number of hydrogen-bond acceptors (Lipinski definition) is 6. The van der Waals surface area contributed by atoms with E-state index in [0.717, 1.165) is 58.4 Å². The Morgan fingerprint density at radius 3 is 2.50 bits per heavy atom. The summed E-state index contributed by atoms with van der Waals surface area (Å²) in [7, 11) is 3.69. The van der Waals surface area contributed by atoms with E-state index >= 15 is 4.39 Å². The number of halogens is 1. The number of methoxy groups -OCH3 is 1. The molecular weight excluding hydrogens is 463 g/mol. The number of ether oxygens (including phenoxy) is 1. The smallest absolute Gasteiger partial charge is 0.341 e. The Bertz CT molecular complexity index is 1250. The summed E-state index contributed by atoms with van der Waals surface area (Å²) >= 11 is 0. The molecular formula is C27H35FN4O4. The first kappa shape index (κ1) is 23.7. The molecule has 1 aromatic heterocycles. The van der Waals surface area contributed by atoms with Crippen LogP contribution in [0, 0.1) is 11.7 Å². The van der Waals surface area contributed by atoms with Crippen molar-refractivity contribution in [2.45, 2.75) is 56.7 Å². The number of pyridine rings is 1. The number of anilines is 1. The first-order valence-electron chi connectivity index (χ1n) is 13.2. The highest BCUT2D eigenvalue weighted by Crippen LogP contribution is 2.46. The Hall–Kier alpha value is -2.65. The largest absolute Gasteiger partial charge is 0.492 e. The fraction of sp³-hybridized carbons (Fsp3) is 0.630. The number of piperidine rings is 2. The molecule has 8 nitrogen and oxygen atoms in total. The second-order valence-corrected chi connectivity index (χ2v) is 11.1. The van der Waals surface area contributed by atoms with Crippen molar-refractivity contribution in [1.29, 1.82) is 0 Å². The van der Waals surface area contributed by atoms with Gasteiger partial charge in [0.2, 0.25) is 5.43 Å². The predicted octanol–water partition coefficient (Wildman–Crippen LogP) is 3.18. The zero-order valence-electron chi connectivity index (χ0n) is 21.1. The average Bonchev–Trinajstić information content (AvgIpc) is 3.61. The number of carboxylic acid groups (broad SMARTS) is 1. The SMILES string of the molecule is COc1c(N2CC3CCCN(C4CCN(C)CC4)C3C2)c(F)cc2c(=O)c(C(=O)O)cn(C3CC3)c12. The van der Waals surface area contributed by atoms with E-state index in [2.05, 4.69) is 21.7 Å². The minimum absolute atomic E-state index is 0.0736. The zero-order valence-corrected chi connectivity index (χ0v) is 21.1. The van der Waals surface area contributed by atoms with Gasteiger partial charge in [0.1, 0.15) is 11.3 Å². The van der Waals surface area contributed by atoms with Gasteiger partial charge in [0.05, 0.1) is 18.0 Å². The Balaban J connectivity index is 1.41. The number of hydrogen-bond donors (Lipinski definition) is 1. The molecule has 3 aliphatic heterocycles. The van der Waals surface area contributed by atoms with Gasteiger partial charge in [-0.1, -0.05) is 0 Å². The van der Waals surface area contributed by atoms with Crippen molar-refractivity contribution in [2.75, 3.05) is 51.8 Å². The van der Waals surface area contributed by atoms with E-state index in [4.69, 9.17) is 4.74 Å². The van der Waals surface area contributed by atoms with Gasteiger partial charge in [-0.2, -0.15) is 0 Å². The monoisotopic (exact) mass is 498 g/mol. The Morgan fingerprint density at radius 1 is 1.08 bits per heavy atom. The number of carbonyl (C=O) groups is 1. The van der Waals surface area contributed by atoms with E-state index in [9.17, 15) is 14.7 Å². The summed E-state index contributed by atoms with van der Waals surface area (Å²) in [5, 5.41) is 9.66. The van der Waals surface area contributed by atoms with Crippen LogP contribution in [0.3, 0.4) is 0 Å². The number of likely N-dealkylation sites (tertiary alicyclic amines) is 2.